The smallest absolute Gasteiger partial charge is 0.217 e. The van der Waals surface area contributed by atoms with E-state index in [1.165, 1.54) is 0 Å². The Balaban J connectivity index is 2.41. The molecule has 19 nitrogen and oxygen atoms in total. The van der Waals surface area contributed by atoms with Crippen LogP contribution in [-0.4, -0.2) is 176 Å². The third kappa shape index (κ3) is 9.44. The van der Waals surface area contributed by atoms with Gasteiger partial charge in [0.05, 0.1) is 32.5 Å². The van der Waals surface area contributed by atoms with Gasteiger partial charge in [0.1, 0.15) is 67.0 Å². The van der Waals surface area contributed by atoms with Crippen molar-refractivity contribution < 1.29 is 79.3 Å². The number of carbonyl (C=O) groups is 3. The van der Waals surface area contributed by atoms with Gasteiger partial charge in [0, 0.05) is 20.8 Å². The monoisotopic (exact) mass is 629 g/mol. The molecule has 0 aromatic carbocycles. The van der Waals surface area contributed by atoms with E-state index >= 15 is 0 Å². The average Bonchev–Trinajstić information content (AvgIpc) is 2.95. The van der Waals surface area contributed by atoms with Gasteiger partial charge < -0.3 is 80.9 Å². The summed E-state index contributed by atoms with van der Waals surface area (Å²) in [6.07, 6.45) is -18.6. The molecular weight excluding hydrogens is 586 g/mol. The second-order valence-corrected chi connectivity index (χ2v) is 10.3. The van der Waals surface area contributed by atoms with E-state index < -0.39 is 130 Å². The highest BCUT2D eigenvalue weighted by atomic mass is 16.7. The maximum atomic E-state index is 12.1. The highest BCUT2D eigenvalue weighted by Crippen LogP contribution is 2.31. The molecule has 0 spiro atoms. The van der Waals surface area contributed by atoms with E-state index in [1.807, 2.05) is 0 Å². The quantitative estimate of drug-likeness (QED) is 0.0849. The van der Waals surface area contributed by atoms with Crippen molar-refractivity contribution in [3.05, 3.63) is 0 Å². The van der Waals surface area contributed by atoms with Gasteiger partial charge in [0.25, 0.3) is 0 Å². The van der Waals surface area contributed by atoms with Gasteiger partial charge in [-0.3, -0.25) is 14.4 Å². The Morgan fingerprint density at radius 2 is 1.28 bits per heavy atom. The van der Waals surface area contributed by atoms with Crippen molar-refractivity contribution in [2.45, 2.75) is 106 Å². The lowest BCUT2D eigenvalue weighted by molar-refractivity contribution is -0.341. The number of hydrogen-bond donors (Lipinski definition) is 12. The molecule has 43 heavy (non-hydrogen) atoms. The van der Waals surface area contributed by atoms with Crippen LogP contribution in [-0.2, 0) is 33.3 Å². The second kappa shape index (κ2) is 16.8. The molecule has 250 valence electrons. The van der Waals surface area contributed by atoms with Gasteiger partial charge in [-0.25, -0.2) is 0 Å². The van der Waals surface area contributed by atoms with Crippen LogP contribution in [0.25, 0.3) is 0 Å². The Morgan fingerprint density at radius 1 is 0.744 bits per heavy atom. The van der Waals surface area contributed by atoms with Gasteiger partial charge >= 0.3 is 0 Å². The second-order valence-electron chi connectivity index (χ2n) is 10.3. The van der Waals surface area contributed by atoms with E-state index in [9.17, 15) is 60.3 Å². The Labute approximate surface area is 246 Å². The van der Waals surface area contributed by atoms with Crippen molar-refractivity contribution in [2.75, 3.05) is 26.4 Å². The third-order valence-corrected chi connectivity index (χ3v) is 6.96. The fourth-order valence-corrected chi connectivity index (χ4v) is 4.87. The highest BCUT2D eigenvalue weighted by molar-refractivity contribution is 5.74. The maximum absolute atomic E-state index is 12.1. The zero-order valence-corrected chi connectivity index (χ0v) is 23.8. The van der Waals surface area contributed by atoms with Crippen LogP contribution in [0.4, 0.5) is 0 Å². The summed E-state index contributed by atoms with van der Waals surface area (Å²) in [5, 5.41) is 99.2. The summed E-state index contributed by atoms with van der Waals surface area (Å²) in [4.78, 5) is 35.4. The third-order valence-electron chi connectivity index (χ3n) is 6.96. The van der Waals surface area contributed by atoms with Gasteiger partial charge in [-0.05, 0) is 0 Å². The minimum absolute atomic E-state index is 0.653. The number of rotatable bonds is 14. The lowest BCUT2D eigenvalue weighted by Gasteiger charge is -2.48. The largest absolute Gasteiger partial charge is 0.394 e. The molecule has 0 aliphatic carbocycles. The first kappa shape index (κ1) is 37.1. The van der Waals surface area contributed by atoms with Crippen LogP contribution in [0, 0.1) is 0 Å². The van der Waals surface area contributed by atoms with Gasteiger partial charge in [0.15, 0.2) is 12.6 Å². The lowest BCUT2D eigenvalue weighted by Crippen LogP contribution is -2.70. The zero-order chi connectivity index (χ0) is 32.6. The molecule has 0 radical (unpaired) electrons. The van der Waals surface area contributed by atoms with Crippen molar-refractivity contribution in [1.29, 1.82) is 0 Å². The fourth-order valence-electron chi connectivity index (χ4n) is 4.87. The Kier molecular flexibility index (Phi) is 14.5. The topological polar surface area (TPSA) is 306 Å². The Hall–Kier alpha value is -2.11. The number of carbonyl (C=O) groups excluding carboxylic acids is 3. The number of nitrogens with one attached hydrogen (secondary N) is 3. The first-order chi connectivity index (χ1) is 20.2. The molecular formula is C24H43N3O16. The van der Waals surface area contributed by atoms with E-state index in [-0.39, 0.29) is 0 Å². The molecule has 2 fully saturated rings. The first-order valence-corrected chi connectivity index (χ1v) is 13.5. The van der Waals surface area contributed by atoms with E-state index in [1.54, 1.807) is 0 Å². The highest BCUT2D eigenvalue weighted by Gasteiger charge is 2.53. The van der Waals surface area contributed by atoms with Crippen molar-refractivity contribution >= 4 is 17.7 Å². The number of ether oxygens (including phenoxy) is 4. The first-order valence-electron chi connectivity index (χ1n) is 13.5. The molecule has 0 aromatic rings. The Morgan fingerprint density at radius 3 is 1.74 bits per heavy atom. The summed E-state index contributed by atoms with van der Waals surface area (Å²) < 4.78 is 22.7. The molecule has 0 unspecified atom stereocenters. The molecule has 12 N–H and O–H groups in total. The van der Waals surface area contributed by atoms with E-state index in [0.29, 0.717) is 0 Å². The summed E-state index contributed by atoms with van der Waals surface area (Å²) in [6.45, 7) is -0.151. The van der Waals surface area contributed by atoms with Crippen LogP contribution in [0.3, 0.4) is 0 Å². The van der Waals surface area contributed by atoms with E-state index in [0.717, 1.165) is 20.8 Å². The normalized spacial score (nSPS) is 35.7. The van der Waals surface area contributed by atoms with Crippen LogP contribution in [0.2, 0.25) is 0 Å². The van der Waals surface area contributed by atoms with E-state index in [2.05, 4.69) is 16.0 Å². The molecule has 2 aliphatic rings. The van der Waals surface area contributed by atoms with Crippen LogP contribution < -0.4 is 16.0 Å². The van der Waals surface area contributed by atoms with Crippen LogP contribution in [0.15, 0.2) is 0 Å². The maximum Gasteiger partial charge on any atom is 0.217 e. The summed E-state index contributed by atoms with van der Waals surface area (Å²) in [5.41, 5.74) is 0. The average molecular weight is 630 g/mol. The predicted molar refractivity (Wildman–Crippen MR) is 138 cm³/mol. The van der Waals surface area contributed by atoms with Crippen molar-refractivity contribution in [3.8, 4) is 0 Å². The van der Waals surface area contributed by atoms with Gasteiger partial charge in [0.2, 0.25) is 17.7 Å². The number of aliphatic hydroxyl groups is 9. The number of amides is 3. The predicted octanol–water partition coefficient (Wildman–Crippen LogP) is -7.51. The lowest BCUT2D eigenvalue weighted by atomic mass is 9.94. The zero-order valence-electron chi connectivity index (χ0n) is 23.8. The summed E-state index contributed by atoms with van der Waals surface area (Å²) >= 11 is 0. The van der Waals surface area contributed by atoms with Gasteiger partial charge in [-0.15, -0.1) is 0 Å². The SMILES string of the molecule is CC(=O)N[C@H]1[C@H](O[C@@H]([C@H](O)[C@H](CO)NC(C)=O)[C@H](O)CO)O[C@H](CO)[C@@H](O[C@@H]2O[C@H](CO)[C@@H](O)[C@H](O)[C@H]2NC(C)=O)[C@@H]1O. The fraction of sp³-hybridized carbons (Fsp3) is 0.875. The molecule has 2 aliphatic heterocycles. The molecule has 0 aromatic heterocycles. The number of aliphatic hydroxyl groups excluding tert-OH is 9. The minimum Gasteiger partial charge on any atom is -0.394 e. The molecule has 2 rings (SSSR count). The molecule has 2 saturated heterocycles. The molecule has 3 amide bonds. The van der Waals surface area contributed by atoms with Crippen LogP contribution in [0.5, 0.6) is 0 Å². The van der Waals surface area contributed by atoms with E-state index in [4.69, 9.17) is 18.9 Å². The molecule has 0 bridgehead atoms. The van der Waals surface area contributed by atoms with Crippen molar-refractivity contribution in [2.24, 2.45) is 0 Å². The molecule has 0 saturated carbocycles. The molecule has 2 heterocycles. The summed E-state index contributed by atoms with van der Waals surface area (Å²) in [5.74, 6) is -2.04. The standard InChI is InChI=1S/C24H43N3O16/c1-8(32)25-11(4-28)17(36)21(12(35)5-29)42-24-16(27-10(3)34)20(39)22(14(7-31)41-24)43-23-15(26-9(2)33)19(38)18(37)13(6-30)40-23/h11-24,28-31,35-39H,4-7H2,1-3H3,(H,25,32)(H,26,33)(H,27,34)/t11-,12+,13+,14+,15+,16+,17+,18+,19+,20+,21+,22+,23-,24-/m0/s1. The van der Waals surface area contributed by atoms with Crippen LogP contribution in [0.1, 0.15) is 20.8 Å². The minimum atomic E-state index is -1.87. The Bertz CT molecular complexity index is 916. The molecule has 14 atom stereocenters. The number of hydrogen-bond acceptors (Lipinski definition) is 16. The van der Waals surface area contributed by atoms with Crippen molar-refractivity contribution in [1.82, 2.24) is 16.0 Å². The van der Waals surface area contributed by atoms with Gasteiger partial charge in [-0.1, -0.05) is 0 Å². The van der Waals surface area contributed by atoms with Gasteiger partial charge in [-0.2, -0.15) is 0 Å². The van der Waals surface area contributed by atoms with Crippen molar-refractivity contribution in [3.63, 3.8) is 0 Å². The van der Waals surface area contributed by atoms with Crippen LogP contribution >= 0.6 is 0 Å². The molecule has 19 heteroatoms. The summed E-state index contributed by atoms with van der Waals surface area (Å²) in [6, 6.07) is -4.39. The summed E-state index contributed by atoms with van der Waals surface area (Å²) in [7, 11) is 0.